The minimum atomic E-state index is 0.263. The summed E-state index contributed by atoms with van der Waals surface area (Å²) in [6.45, 7) is 0. The summed E-state index contributed by atoms with van der Waals surface area (Å²) in [6, 6.07) is 53.7. The zero-order valence-corrected chi connectivity index (χ0v) is 25.2. The molecule has 2 aromatic heterocycles. The Labute approximate surface area is 264 Å². The Morgan fingerprint density at radius 2 is 0.864 bits per heavy atom. The Kier molecular flexibility index (Phi) is 6.75. The van der Waals surface area contributed by atoms with Gasteiger partial charge in [0.2, 0.25) is 5.28 Å². The molecule has 8 rings (SSSR count). The maximum absolute atomic E-state index is 6.45. The van der Waals surface area contributed by atoms with Crippen molar-refractivity contribution < 1.29 is 0 Å². The monoisotopic (exact) mass is 600 g/mol. The fourth-order valence-corrected chi connectivity index (χ4v) is 7.21. The van der Waals surface area contributed by atoms with Gasteiger partial charge in [-0.25, -0.2) is 9.97 Å². The molecule has 2 heterocycles. The van der Waals surface area contributed by atoms with E-state index in [4.69, 9.17) is 16.6 Å². The summed E-state index contributed by atoms with van der Waals surface area (Å²) < 4.78 is 1.18. The van der Waals surface area contributed by atoms with Crippen LogP contribution in [0.2, 0.25) is 5.28 Å². The number of fused-ring (bicyclic) bond motifs is 3. The molecule has 44 heavy (non-hydrogen) atoms. The third-order valence-corrected chi connectivity index (χ3v) is 9.26. The predicted octanol–water partition coefficient (Wildman–Crippen LogP) is 11.8. The lowest BCUT2D eigenvalue weighted by molar-refractivity contribution is 1.24. The minimum absolute atomic E-state index is 0.263. The Bertz CT molecular complexity index is 2230. The SMILES string of the molecule is Clc1nc(-c2cccc(-c3cccc(-c4cc(-c5ccccc5)cc(-c5ccccc5)c4)c3)c2)c2c(n1)sc1ccccc12. The van der Waals surface area contributed by atoms with Crippen LogP contribution in [0.25, 0.3) is 76.1 Å². The molecule has 8 aromatic rings. The average molecular weight is 601 g/mol. The van der Waals surface area contributed by atoms with Gasteiger partial charge in [0, 0.05) is 21.0 Å². The summed E-state index contributed by atoms with van der Waals surface area (Å²) in [7, 11) is 0. The molecule has 0 spiro atoms. The van der Waals surface area contributed by atoms with Crippen LogP contribution < -0.4 is 0 Å². The fraction of sp³-hybridized carbons (Fsp3) is 0. The van der Waals surface area contributed by atoms with Crippen molar-refractivity contribution in [3.63, 3.8) is 0 Å². The Hall–Kier alpha value is -5.09. The Morgan fingerprint density at radius 1 is 0.409 bits per heavy atom. The van der Waals surface area contributed by atoms with Crippen molar-refractivity contribution >= 4 is 43.2 Å². The normalized spacial score (nSPS) is 11.3. The third kappa shape index (κ3) is 4.97. The summed E-state index contributed by atoms with van der Waals surface area (Å²) in [4.78, 5) is 10.2. The lowest BCUT2D eigenvalue weighted by Crippen LogP contribution is -1.90. The number of nitrogens with zero attached hydrogens (tertiary/aromatic N) is 2. The van der Waals surface area contributed by atoms with Crippen molar-refractivity contribution in [1.29, 1.82) is 0 Å². The molecule has 0 saturated heterocycles. The van der Waals surface area contributed by atoms with E-state index in [0.29, 0.717) is 0 Å². The molecule has 6 aromatic carbocycles. The molecule has 0 fully saturated rings. The van der Waals surface area contributed by atoms with Gasteiger partial charge in [-0.2, -0.15) is 0 Å². The van der Waals surface area contributed by atoms with E-state index in [9.17, 15) is 0 Å². The van der Waals surface area contributed by atoms with Gasteiger partial charge in [-0.1, -0.05) is 115 Å². The summed E-state index contributed by atoms with van der Waals surface area (Å²) in [5, 5.41) is 2.46. The lowest BCUT2D eigenvalue weighted by atomic mass is 9.92. The number of hydrogen-bond acceptors (Lipinski definition) is 3. The van der Waals surface area contributed by atoms with Crippen LogP contribution in [0, 0.1) is 0 Å². The average Bonchev–Trinajstić information content (AvgIpc) is 3.47. The molecule has 0 saturated carbocycles. The van der Waals surface area contributed by atoms with Crippen LogP contribution in [0.1, 0.15) is 0 Å². The van der Waals surface area contributed by atoms with Crippen molar-refractivity contribution in [3.8, 4) is 55.8 Å². The van der Waals surface area contributed by atoms with Crippen LogP contribution in [0.4, 0.5) is 0 Å². The highest BCUT2D eigenvalue weighted by atomic mass is 35.5. The second-order valence-electron chi connectivity index (χ2n) is 10.8. The lowest BCUT2D eigenvalue weighted by Gasteiger charge is -2.13. The number of halogens is 1. The molecule has 208 valence electrons. The van der Waals surface area contributed by atoms with E-state index in [1.165, 1.54) is 38.1 Å². The van der Waals surface area contributed by atoms with E-state index in [1.54, 1.807) is 11.3 Å². The molecule has 4 heteroatoms. The first-order valence-corrected chi connectivity index (χ1v) is 15.7. The number of benzene rings is 6. The number of hydrogen-bond donors (Lipinski definition) is 0. The highest BCUT2D eigenvalue weighted by Crippen LogP contribution is 2.40. The van der Waals surface area contributed by atoms with E-state index in [1.807, 2.05) is 0 Å². The molecule has 2 nitrogen and oxygen atoms in total. The topological polar surface area (TPSA) is 25.8 Å². The standard InChI is InChI=1S/C40H25ClN2S/c41-40-42-38(37-35-19-7-8-20-36(35)44-39(37)43-40)31-18-10-16-29(22-31)28-15-9-17-30(21-28)34-24-32(26-11-3-1-4-12-26)23-33(25-34)27-13-5-2-6-14-27/h1-25H. The van der Waals surface area contributed by atoms with Crippen LogP contribution >= 0.6 is 22.9 Å². The van der Waals surface area contributed by atoms with E-state index in [0.717, 1.165) is 38.0 Å². The number of thiophene rings is 1. The quantitative estimate of drug-likeness (QED) is 0.184. The molecule has 0 atom stereocenters. The van der Waals surface area contributed by atoms with Crippen LogP contribution in [0.5, 0.6) is 0 Å². The van der Waals surface area contributed by atoms with Gasteiger partial charge in [0.25, 0.3) is 0 Å². The number of rotatable bonds is 5. The predicted molar refractivity (Wildman–Crippen MR) is 187 cm³/mol. The van der Waals surface area contributed by atoms with E-state index >= 15 is 0 Å². The van der Waals surface area contributed by atoms with Gasteiger partial charge in [0.15, 0.2) is 0 Å². The first-order valence-electron chi connectivity index (χ1n) is 14.5. The molecule has 0 aliphatic rings. The second kappa shape index (κ2) is 11.2. The van der Waals surface area contributed by atoms with Crippen molar-refractivity contribution in [1.82, 2.24) is 9.97 Å². The fourth-order valence-electron chi connectivity index (χ4n) is 5.92. The Morgan fingerprint density at radius 3 is 1.50 bits per heavy atom. The van der Waals surface area contributed by atoms with Crippen LogP contribution in [-0.2, 0) is 0 Å². The molecule has 0 radical (unpaired) electrons. The van der Waals surface area contributed by atoms with Crippen LogP contribution in [0.3, 0.4) is 0 Å². The van der Waals surface area contributed by atoms with Gasteiger partial charge in [-0.05, 0) is 92.5 Å². The summed E-state index contributed by atoms with van der Waals surface area (Å²) >= 11 is 8.09. The van der Waals surface area contributed by atoms with Gasteiger partial charge in [0.1, 0.15) is 4.83 Å². The van der Waals surface area contributed by atoms with Gasteiger partial charge in [0.05, 0.1) is 5.69 Å². The molecule has 0 amide bonds. The zero-order chi connectivity index (χ0) is 29.5. The number of aromatic nitrogens is 2. The zero-order valence-electron chi connectivity index (χ0n) is 23.6. The highest BCUT2D eigenvalue weighted by molar-refractivity contribution is 7.25. The van der Waals surface area contributed by atoms with Gasteiger partial charge >= 0.3 is 0 Å². The molecule has 0 N–H and O–H groups in total. The third-order valence-electron chi connectivity index (χ3n) is 8.02. The van der Waals surface area contributed by atoms with Gasteiger partial charge in [-0.3, -0.25) is 0 Å². The van der Waals surface area contributed by atoms with E-state index in [2.05, 4.69) is 157 Å². The first-order chi connectivity index (χ1) is 21.7. The van der Waals surface area contributed by atoms with Crippen molar-refractivity contribution in [2.45, 2.75) is 0 Å². The summed E-state index contributed by atoms with van der Waals surface area (Å²) in [6.07, 6.45) is 0. The van der Waals surface area contributed by atoms with Gasteiger partial charge in [-0.15, -0.1) is 11.3 Å². The maximum Gasteiger partial charge on any atom is 0.224 e. The molecular weight excluding hydrogens is 576 g/mol. The largest absolute Gasteiger partial charge is 0.224 e. The smallest absolute Gasteiger partial charge is 0.217 e. The summed E-state index contributed by atoms with van der Waals surface area (Å²) in [5.41, 5.74) is 11.3. The highest BCUT2D eigenvalue weighted by Gasteiger charge is 2.16. The van der Waals surface area contributed by atoms with Crippen molar-refractivity contribution in [2.75, 3.05) is 0 Å². The van der Waals surface area contributed by atoms with Gasteiger partial charge < -0.3 is 0 Å². The minimum Gasteiger partial charge on any atom is -0.217 e. The van der Waals surface area contributed by atoms with Crippen molar-refractivity contribution in [2.24, 2.45) is 0 Å². The van der Waals surface area contributed by atoms with Crippen LogP contribution in [0.15, 0.2) is 152 Å². The van der Waals surface area contributed by atoms with E-state index < -0.39 is 0 Å². The van der Waals surface area contributed by atoms with Crippen molar-refractivity contribution in [3.05, 3.63) is 157 Å². The maximum atomic E-state index is 6.45. The van der Waals surface area contributed by atoms with Crippen LogP contribution in [-0.4, -0.2) is 9.97 Å². The molecule has 0 unspecified atom stereocenters. The molecule has 0 aliphatic carbocycles. The van der Waals surface area contributed by atoms with E-state index in [-0.39, 0.29) is 5.28 Å². The molecular formula is C40H25ClN2S. The molecule has 0 aliphatic heterocycles. The second-order valence-corrected chi connectivity index (χ2v) is 12.2. The first kappa shape index (κ1) is 26.5. The summed E-state index contributed by atoms with van der Waals surface area (Å²) in [5.74, 6) is 0. The Balaban J connectivity index is 1.24. The molecule has 0 bridgehead atoms.